The molecule has 0 radical (unpaired) electrons. The van der Waals surface area contributed by atoms with Crippen molar-refractivity contribution in [1.82, 2.24) is 29.4 Å². The Hall–Kier alpha value is -2.57. The normalized spacial score (nSPS) is 10.8. The Labute approximate surface area is 116 Å². The largest absolute Gasteiger partial charge is 0.390 e. The van der Waals surface area contributed by atoms with Gasteiger partial charge in [-0.15, -0.1) is 22.9 Å². The van der Waals surface area contributed by atoms with Gasteiger partial charge < -0.3 is 5.11 Å². The highest BCUT2D eigenvalue weighted by molar-refractivity contribution is 7.13. The fraction of sp³-hybridized carbons (Fsp3) is 0.182. The first-order valence-corrected chi connectivity index (χ1v) is 6.42. The van der Waals surface area contributed by atoms with Gasteiger partial charge in [-0.3, -0.25) is 0 Å². The van der Waals surface area contributed by atoms with E-state index in [1.807, 2.05) is 0 Å². The van der Waals surface area contributed by atoms with Crippen molar-refractivity contribution in [3.05, 3.63) is 27.9 Å². The SMILES string of the molecule is C#CCn1nnc2c(-c3nc(CO)cs3)ncn2c1=O. The first-order chi connectivity index (χ1) is 9.74. The van der Waals surface area contributed by atoms with E-state index in [9.17, 15) is 4.79 Å². The predicted octanol–water partition coefficient (Wildman–Crippen LogP) is -0.465. The average molecular weight is 288 g/mol. The van der Waals surface area contributed by atoms with E-state index in [1.165, 1.54) is 22.1 Å². The summed E-state index contributed by atoms with van der Waals surface area (Å²) in [4.78, 5) is 20.4. The van der Waals surface area contributed by atoms with Crippen LogP contribution >= 0.6 is 11.3 Å². The maximum atomic E-state index is 12.1. The summed E-state index contributed by atoms with van der Waals surface area (Å²) in [6.07, 6.45) is 6.51. The van der Waals surface area contributed by atoms with Crippen LogP contribution in [0.4, 0.5) is 0 Å². The van der Waals surface area contributed by atoms with Crippen molar-refractivity contribution in [1.29, 1.82) is 0 Å². The summed E-state index contributed by atoms with van der Waals surface area (Å²) in [5, 5.41) is 19.0. The van der Waals surface area contributed by atoms with E-state index >= 15 is 0 Å². The Balaban J connectivity index is 2.17. The van der Waals surface area contributed by atoms with Crippen LogP contribution in [0.15, 0.2) is 16.5 Å². The second-order valence-corrected chi connectivity index (χ2v) is 4.68. The summed E-state index contributed by atoms with van der Waals surface area (Å²) in [5.41, 5.74) is 0.889. The molecule has 8 nitrogen and oxygen atoms in total. The number of hydrogen-bond acceptors (Lipinski definition) is 7. The molecule has 0 aliphatic carbocycles. The van der Waals surface area contributed by atoms with E-state index in [0.717, 1.165) is 4.68 Å². The molecule has 3 heterocycles. The van der Waals surface area contributed by atoms with Crippen molar-refractivity contribution < 1.29 is 5.11 Å². The van der Waals surface area contributed by atoms with E-state index in [-0.39, 0.29) is 13.2 Å². The van der Waals surface area contributed by atoms with Crippen LogP contribution in [0.5, 0.6) is 0 Å². The lowest BCUT2D eigenvalue weighted by Gasteiger charge is -1.98. The highest BCUT2D eigenvalue weighted by Crippen LogP contribution is 2.24. The molecule has 0 bridgehead atoms. The van der Waals surface area contributed by atoms with Crippen LogP contribution in [-0.2, 0) is 13.2 Å². The second kappa shape index (κ2) is 4.84. The molecule has 0 atom stereocenters. The molecule has 100 valence electrons. The molecule has 3 aromatic heterocycles. The molecule has 0 saturated heterocycles. The van der Waals surface area contributed by atoms with Gasteiger partial charge in [0.1, 0.15) is 23.6 Å². The lowest BCUT2D eigenvalue weighted by Crippen LogP contribution is -2.29. The van der Waals surface area contributed by atoms with Gasteiger partial charge in [0.15, 0.2) is 5.65 Å². The molecular formula is C11H8N6O2S. The number of terminal acetylenes is 1. The maximum Gasteiger partial charge on any atom is 0.353 e. The molecule has 0 spiro atoms. The molecule has 0 aromatic carbocycles. The van der Waals surface area contributed by atoms with Gasteiger partial charge in [-0.05, 0) is 0 Å². The molecule has 9 heteroatoms. The Kier molecular flexibility index (Phi) is 3.02. The van der Waals surface area contributed by atoms with Crippen LogP contribution in [0, 0.1) is 12.3 Å². The number of imidazole rings is 1. The summed E-state index contributed by atoms with van der Waals surface area (Å²) in [5.74, 6) is 2.33. The minimum atomic E-state index is -0.411. The van der Waals surface area contributed by atoms with Gasteiger partial charge in [-0.1, -0.05) is 11.1 Å². The molecule has 0 aliphatic rings. The molecule has 0 amide bonds. The number of rotatable bonds is 3. The van der Waals surface area contributed by atoms with Crippen LogP contribution < -0.4 is 5.69 Å². The van der Waals surface area contributed by atoms with Gasteiger partial charge in [0.05, 0.1) is 12.3 Å². The van der Waals surface area contributed by atoms with Gasteiger partial charge in [-0.2, -0.15) is 4.68 Å². The van der Waals surface area contributed by atoms with Gasteiger partial charge in [-0.25, -0.2) is 19.2 Å². The van der Waals surface area contributed by atoms with E-state index in [4.69, 9.17) is 11.5 Å². The van der Waals surface area contributed by atoms with Crippen molar-refractivity contribution >= 4 is 17.0 Å². The smallest absolute Gasteiger partial charge is 0.353 e. The van der Waals surface area contributed by atoms with Crippen LogP contribution in [0.2, 0.25) is 0 Å². The highest BCUT2D eigenvalue weighted by atomic mass is 32.1. The zero-order valence-corrected chi connectivity index (χ0v) is 10.9. The van der Waals surface area contributed by atoms with Crippen molar-refractivity contribution in [2.45, 2.75) is 13.2 Å². The minimum absolute atomic E-state index is 0.0429. The van der Waals surface area contributed by atoms with Crippen molar-refractivity contribution in [3.8, 4) is 23.0 Å². The molecule has 3 aromatic rings. The summed E-state index contributed by atoms with van der Waals surface area (Å²) < 4.78 is 2.33. The van der Waals surface area contributed by atoms with Crippen LogP contribution in [0.1, 0.15) is 5.69 Å². The topological polar surface area (TPSA) is 98.2 Å². The van der Waals surface area contributed by atoms with E-state index in [2.05, 4.69) is 26.2 Å². The zero-order valence-electron chi connectivity index (χ0n) is 10.1. The van der Waals surface area contributed by atoms with Crippen LogP contribution in [0.25, 0.3) is 16.3 Å². The third-order valence-electron chi connectivity index (χ3n) is 2.57. The average Bonchev–Trinajstić information content (AvgIpc) is 3.08. The number of fused-ring (bicyclic) bond motifs is 1. The zero-order chi connectivity index (χ0) is 14.1. The Morgan fingerprint density at radius 2 is 2.35 bits per heavy atom. The van der Waals surface area contributed by atoms with E-state index in [0.29, 0.717) is 22.0 Å². The minimum Gasteiger partial charge on any atom is -0.390 e. The summed E-state index contributed by atoms with van der Waals surface area (Å²) in [7, 11) is 0. The molecule has 0 saturated carbocycles. The lowest BCUT2D eigenvalue weighted by molar-refractivity contribution is 0.278. The Morgan fingerprint density at radius 1 is 1.50 bits per heavy atom. The van der Waals surface area contributed by atoms with Gasteiger partial charge in [0.25, 0.3) is 0 Å². The molecule has 20 heavy (non-hydrogen) atoms. The molecule has 3 rings (SSSR count). The Bertz CT molecular complexity index is 871. The fourth-order valence-electron chi connectivity index (χ4n) is 1.66. The number of aliphatic hydroxyl groups is 1. The predicted molar refractivity (Wildman–Crippen MR) is 70.9 cm³/mol. The standard InChI is InChI=1S/C11H8N6O2S/c1-2-3-17-11(19)16-6-12-8(9(16)14-15-17)10-13-7(4-18)5-20-10/h1,5-6,18H,3-4H2. The molecule has 0 fully saturated rings. The number of aliphatic hydroxyl groups excluding tert-OH is 1. The Morgan fingerprint density at radius 3 is 3.05 bits per heavy atom. The molecule has 1 N–H and O–H groups in total. The summed E-state index contributed by atoms with van der Waals surface area (Å²) in [6, 6.07) is 0. The number of nitrogens with zero attached hydrogens (tertiary/aromatic N) is 6. The molecule has 0 unspecified atom stereocenters. The summed E-state index contributed by atoms with van der Waals surface area (Å²) >= 11 is 1.31. The lowest BCUT2D eigenvalue weighted by atomic mass is 10.4. The van der Waals surface area contributed by atoms with Gasteiger partial charge in [0, 0.05) is 5.38 Å². The quantitative estimate of drug-likeness (QED) is 0.655. The monoisotopic (exact) mass is 288 g/mol. The van der Waals surface area contributed by atoms with Crippen LogP contribution in [0.3, 0.4) is 0 Å². The number of thiazole rings is 1. The van der Waals surface area contributed by atoms with E-state index < -0.39 is 5.69 Å². The number of aromatic nitrogens is 6. The van der Waals surface area contributed by atoms with Gasteiger partial charge >= 0.3 is 5.69 Å². The fourth-order valence-corrected chi connectivity index (χ4v) is 2.46. The second-order valence-electron chi connectivity index (χ2n) is 3.82. The molecular weight excluding hydrogens is 280 g/mol. The van der Waals surface area contributed by atoms with Crippen LogP contribution in [-0.4, -0.2) is 34.5 Å². The third-order valence-corrected chi connectivity index (χ3v) is 3.47. The first kappa shape index (κ1) is 12.5. The molecule has 0 aliphatic heterocycles. The maximum absolute atomic E-state index is 12.1. The van der Waals surface area contributed by atoms with Gasteiger partial charge in [0.2, 0.25) is 0 Å². The number of hydrogen-bond donors (Lipinski definition) is 1. The summed E-state index contributed by atoms with van der Waals surface area (Å²) in [6.45, 7) is -0.107. The first-order valence-electron chi connectivity index (χ1n) is 5.54. The van der Waals surface area contributed by atoms with Crippen molar-refractivity contribution in [3.63, 3.8) is 0 Å². The van der Waals surface area contributed by atoms with Crippen molar-refractivity contribution in [2.75, 3.05) is 0 Å². The highest BCUT2D eigenvalue weighted by Gasteiger charge is 2.15. The third kappa shape index (κ3) is 1.87. The van der Waals surface area contributed by atoms with E-state index in [1.54, 1.807) is 5.38 Å². The van der Waals surface area contributed by atoms with Crippen molar-refractivity contribution in [2.24, 2.45) is 0 Å².